The standard InChI is InChI=1S/C19H24ClN/c1-13-6-9-16(17(20)11-13)19(2,3)15-8-7-14-5-4-10-21-18(14)12-15/h4-5,7-8,10,12-13,16-17H,6,9,11H2,1-3H3. The quantitative estimate of drug-likeness (QED) is 0.662. The lowest BCUT2D eigenvalue weighted by atomic mass is 9.65. The van der Waals surface area contributed by atoms with Crippen LogP contribution in [0.1, 0.15) is 45.6 Å². The first-order valence-corrected chi connectivity index (χ1v) is 8.41. The molecule has 0 saturated heterocycles. The van der Waals surface area contributed by atoms with E-state index < -0.39 is 0 Å². The van der Waals surface area contributed by atoms with Gasteiger partial charge in [0, 0.05) is 17.0 Å². The highest BCUT2D eigenvalue weighted by Gasteiger charge is 2.39. The van der Waals surface area contributed by atoms with Crippen molar-refractivity contribution >= 4 is 22.5 Å². The maximum atomic E-state index is 6.71. The van der Waals surface area contributed by atoms with Gasteiger partial charge in [-0.05, 0) is 47.8 Å². The van der Waals surface area contributed by atoms with Crippen molar-refractivity contribution in [2.24, 2.45) is 11.8 Å². The predicted octanol–water partition coefficient (Wildman–Crippen LogP) is 5.56. The van der Waals surface area contributed by atoms with Crippen LogP contribution in [0.4, 0.5) is 0 Å². The van der Waals surface area contributed by atoms with Crippen molar-refractivity contribution in [3.8, 4) is 0 Å². The van der Waals surface area contributed by atoms with Crippen LogP contribution in [0.25, 0.3) is 10.9 Å². The molecule has 1 nitrogen and oxygen atoms in total. The number of halogens is 1. The first-order chi connectivity index (χ1) is 9.98. The summed E-state index contributed by atoms with van der Waals surface area (Å²) in [6.45, 7) is 7.00. The van der Waals surface area contributed by atoms with Gasteiger partial charge in [-0.15, -0.1) is 11.6 Å². The van der Waals surface area contributed by atoms with Crippen molar-refractivity contribution in [2.75, 3.05) is 0 Å². The molecule has 0 radical (unpaired) electrons. The Kier molecular flexibility index (Phi) is 3.96. The first kappa shape index (κ1) is 14.8. The zero-order valence-electron chi connectivity index (χ0n) is 13.1. The van der Waals surface area contributed by atoms with Crippen molar-refractivity contribution in [1.29, 1.82) is 0 Å². The van der Waals surface area contributed by atoms with E-state index in [1.54, 1.807) is 0 Å². The van der Waals surface area contributed by atoms with E-state index in [1.165, 1.54) is 23.8 Å². The Morgan fingerprint density at radius 2 is 2.00 bits per heavy atom. The summed E-state index contributed by atoms with van der Waals surface area (Å²) in [5.74, 6) is 1.30. The Hall–Kier alpha value is -1.08. The molecular formula is C19H24ClN. The van der Waals surface area contributed by atoms with Crippen LogP contribution in [-0.4, -0.2) is 10.4 Å². The largest absolute Gasteiger partial charge is 0.256 e. The molecule has 21 heavy (non-hydrogen) atoms. The predicted molar refractivity (Wildman–Crippen MR) is 90.9 cm³/mol. The van der Waals surface area contributed by atoms with Crippen molar-refractivity contribution in [3.05, 3.63) is 42.1 Å². The van der Waals surface area contributed by atoms with Gasteiger partial charge < -0.3 is 0 Å². The van der Waals surface area contributed by atoms with Gasteiger partial charge in [-0.2, -0.15) is 0 Å². The summed E-state index contributed by atoms with van der Waals surface area (Å²) in [7, 11) is 0. The monoisotopic (exact) mass is 301 g/mol. The summed E-state index contributed by atoms with van der Waals surface area (Å²) in [6.07, 6.45) is 5.53. The summed E-state index contributed by atoms with van der Waals surface area (Å²) in [5, 5.41) is 1.49. The molecule has 1 aliphatic carbocycles. The summed E-state index contributed by atoms with van der Waals surface area (Å²) < 4.78 is 0. The molecule has 0 N–H and O–H groups in total. The van der Waals surface area contributed by atoms with Gasteiger partial charge in [-0.3, -0.25) is 4.98 Å². The Morgan fingerprint density at radius 1 is 1.19 bits per heavy atom. The number of hydrogen-bond acceptors (Lipinski definition) is 1. The molecule has 0 amide bonds. The fourth-order valence-electron chi connectivity index (χ4n) is 3.81. The van der Waals surface area contributed by atoms with Crippen LogP contribution in [0.15, 0.2) is 36.5 Å². The van der Waals surface area contributed by atoms with E-state index in [0.29, 0.717) is 5.92 Å². The van der Waals surface area contributed by atoms with Crippen LogP contribution < -0.4 is 0 Å². The van der Waals surface area contributed by atoms with Crippen LogP contribution in [0, 0.1) is 11.8 Å². The van der Waals surface area contributed by atoms with Crippen molar-refractivity contribution in [3.63, 3.8) is 0 Å². The lowest BCUT2D eigenvalue weighted by molar-refractivity contribution is 0.207. The molecule has 0 spiro atoms. The third-order valence-corrected chi connectivity index (χ3v) is 5.79. The number of aromatic nitrogens is 1. The molecule has 1 aromatic carbocycles. The van der Waals surface area contributed by atoms with Crippen molar-refractivity contribution in [2.45, 2.75) is 50.8 Å². The number of nitrogens with zero attached hydrogens (tertiary/aromatic N) is 1. The van der Waals surface area contributed by atoms with Gasteiger partial charge >= 0.3 is 0 Å². The minimum absolute atomic E-state index is 0.0955. The van der Waals surface area contributed by atoms with Gasteiger partial charge in [-0.1, -0.05) is 45.4 Å². The van der Waals surface area contributed by atoms with E-state index in [0.717, 1.165) is 17.9 Å². The van der Waals surface area contributed by atoms with E-state index in [1.807, 2.05) is 12.3 Å². The lowest BCUT2D eigenvalue weighted by Crippen LogP contribution is -2.38. The molecule has 3 unspecified atom stereocenters. The highest BCUT2D eigenvalue weighted by atomic mass is 35.5. The fourth-order valence-corrected chi connectivity index (χ4v) is 4.55. The van der Waals surface area contributed by atoms with Crippen LogP contribution in [0.5, 0.6) is 0 Å². The summed E-state index contributed by atoms with van der Waals surface area (Å²) in [4.78, 5) is 4.50. The number of fused-ring (bicyclic) bond motifs is 1. The molecule has 1 aliphatic rings. The van der Waals surface area contributed by atoms with Crippen LogP contribution in [-0.2, 0) is 5.41 Å². The third-order valence-electron chi connectivity index (χ3n) is 5.31. The smallest absolute Gasteiger partial charge is 0.0704 e. The molecule has 0 bridgehead atoms. The maximum absolute atomic E-state index is 6.71. The highest BCUT2D eigenvalue weighted by Crippen LogP contribution is 2.44. The second-order valence-electron chi connectivity index (χ2n) is 7.17. The van der Waals surface area contributed by atoms with Crippen LogP contribution >= 0.6 is 11.6 Å². The molecule has 3 atom stereocenters. The van der Waals surface area contributed by atoms with Gasteiger partial charge in [0.05, 0.1) is 5.52 Å². The normalized spacial score (nSPS) is 27.0. The highest BCUT2D eigenvalue weighted by molar-refractivity contribution is 6.20. The second kappa shape index (κ2) is 5.61. The van der Waals surface area contributed by atoms with E-state index in [-0.39, 0.29) is 10.8 Å². The molecule has 1 saturated carbocycles. The third kappa shape index (κ3) is 2.81. The molecule has 1 fully saturated rings. The maximum Gasteiger partial charge on any atom is 0.0704 e. The summed E-state index contributed by atoms with van der Waals surface area (Å²) >= 11 is 6.71. The SMILES string of the molecule is CC1CCC(C(C)(C)c2ccc3cccnc3c2)C(Cl)C1. The summed E-state index contributed by atoms with van der Waals surface area (Å²) in [6, 6.07) is 10.8. The van der Waals surface area contributed by atoms with E-state index >= 15 is 0 Å². The van der Waals surface area contributed by atoms with Gasteiger partial charge in [0.25, 0.3) is 0 Å². The number of alkyl halides is 1. The van der Waals surface area contributed by atoms with Gasteiger partial charge in [0.15, 0.2) is 0 Å². The minimum atomic E-state index is 0.0955. The molecule has 112 valence electrons. The first-order valence-electron chi connectivity index (χ1n) is 7.98. The zero-order chi connectivity index (χ0) is 15.0. The van der Waals surface area contributed by atoms with E-state index in [4.69, 9.17) is 11.6 Å². The average Bonchev–Trinajstić information content (AvgIpc) is 2.46. The fraction of sp³-hybridized carbons (Fsp3) is 0.526. The van der Waals surface area contributed by atoms with Gasteiger partial charge in [0.2, 0.25) is 0 Å². The van der Waals surface area contributed by atoms with Crippen LogP contribution in [0.2, 0.25) is 0 Å². The molecule has 0 aliphatic heterocycles. The Balaban J connectivity index is 1.95. The number of benzene rings is 1. The van der Waals surface area contributed by atoms with Crippen molar-refractivity contribution in [1.82, 2.24) is 4.98 Å². The average molecular weight is 302 g/mol. The molecule has 3 rings (SSSR count). The molecule has 1 aromatic heterocycles. The molecule has 1 heterocycles. The number of hydrogen-bond donors (Lipinski definition) is 0. The Morgan fingerprint density at radius 3 is 2.76 bits per heavy atom. The molecule has 2 heteroatoms. The summed E-state index contributed by atoms with van der Waals surface area (Å²) in [5.41, 5.74) is 2.54. The minimum Gasteiger partial charge on any atom is -0.256 e. The van der Waals surface area contributed by atoms with E-state index in [9.17, 15) is 0 Å². The van der Waals surface area contributed by atoms with Crippen LogP contribution in [0.3, 0.4) is 0 Å². The Bertz CT molecular complexity index is 634. The number of rotatable bonds is 2. The Labute approximate surface area is 132 Å². The lowest BCUT2D eigenvalue weighted by Gasteiger charge is -2.42. The van der Waals surface area contributed by atoms with Crippen molar-refractivity contribution < 1.29 is 0 Å². The molecular weight excluding hydrogens is 278 g/mol. The van der Waals surface area contributed by atoms with E-state index in [2.05, 4.69) is 50.0 Å². The van der Waals surface area contributed by atoms with Gasteiger partial charge in [-0.25, -0.2) is 0 Å². The molecule has 2 aromatic rings. The topological polar surface area (TPSA) is 12.9 Å². The zero-order valence-corrected chi connectivity index (χ0v) is 13.9. The second-order valence-corrected chi connectivity index (χ2v) is 7.73. The van der Waals surface area contributed by atoms with Gasteiger partial charge in [0.1, 0.15) is 0 Å². The number of pyridine rings is 1.